The Labute approximate surface area is 122 Å². The Balaban J connectivity index is 1.96. The Hall–Kier alpha value is -1.06. The third-order valence-corrected chi connectivity index (χ3v) is 4.58. The van der Waals surface area contributed by atoms with Crippen LogP contribution in [0.3, 0.4) is 0 Å². The van der Waals surface area contributed by atoms with Crippen LogP contribution in [0.25, 0.3) is 0 Å². The van der Waals surface area contributed by atoms with Crippen LogP contribution in [0.15, 0.2) is 24.3 Å². The van der Waals surface area contributed by atoms with Gasteiger partial charge < -0.3 is 15.7 Å². The van der Waals surface area contributed by atoms with Crippen LogP contribution < -0.4 is 10.6 Å². The van der Waals surface area contributed by atoms with Gasteiger partial charge in [0, 0.05) is 24.3 Å². The number of aryl methyl sites for hydroxylation is 1. The molecule has 2 rings (SSSR count). The molecule has 0 saturated heterocycles. The molecule has 3 heteroatoms. The van der Waals surface area contributed by atoms with Gasteiger partial charge in [-0.15, -0.1) is 0 Å². The van der Waals surface area contributed by atoms with Crippen LogP contribution in [-0.2, 0) is 6.42 Å². The maximum atomic E-state index is 9.39. The summed E-state index contributed by atoms with van der Waals surface area (Å²) in [5, 5.41) is 9.39. The first kappa shape index (κ1) is 15.3. The number of aliphatic hydroxyl groups excluding tert-OH is 1. The van der Waals surface area contributed by atoms with Crippen molar-refractivity contribution >= 4 is 5.69 Å². The summed E-state index contributed by atoms with van der Waals surface area (Å²) in [5.74, 6) is 0. The molecular weight excluding hydrogens is 248 g/mol. The van der Waals surface area contributed by atoms with Gasteiger partial charge >= 0.3 is 0 Å². The molecule has 0 bridgehead atoms. The molecular formula is C17H28N2O. The minimum atomic E-state index is -0.397. The lowest BCUT2D eigenvalue weighted by molar-refractivity contribution is 0.180. The molecule has 1 aliphatic heterocycles. The van der Waals surface area contributed by atoms with Gasteiger partial charge in [0.2, 0.25) is 0 Å². The largest absolute Gasteiger partial charge is 0.394 e. The number of hydrogen-bond acceptors (Lipinski definition) is 3. The predicted octanol–water partition coefficient (Wildman–Crippen LogP) is 2.71. The van der Waals surface area contributed by atoms with Gasteiger partial charge in [-0.05, 0) is 50.2 Å². The van der Waals surface area contributed by atoms with E-state index in [-0.39, 0.29) is 6.61 Å². The molecule has 0 saturated carbocycles. The van der Waals surface area contributed by atoms with E-state index in [1.54, 1.807) is 0 Å². The highest BCUT2D eigenvalue weighted by Crippen LogP contribution is 2.26. The Morgan fingerprint density at radius 2 is 2.10 bits per heavy atom. The molecule has 0 radical (unpaired) electrons. The highest BCUT2D eigenvalue weighted by Gasteiger charge is 2.22. The minimum Gasteiger partial charge on any atom is -0.394 e. The molecule has 1 heterocycles. The van der Waals surface area contributed by atoms with Crippen molar-refractivity contribution in [3.8, 4) is 0 Å². The van der Waals surface area contributed by atoms with Crippen LogP contribution in [0.1, 0.15) is 44.6 Å². The third-order valence-electron chi connectivity index (χ3n) is 4.58. The summed E-state index contributed by atoms with van der Waals surface area (Å²) >= 11 is 0. The van der Waals surface area contributed by atoms with Gasteiger partial charge in [-0.2, -0.15) is 0 Å². The van der Waals surface area contributed by atoms with Crippen LogP contribution in [0, 0.1) is 0 Å². The summed E-state index contributed by atoms with van der Waals surface area (Å²) in [7, 11) is 0. The fourth-order valence-corrected chi connectivity index (χ4v) is 2.99. The average molecular weight is 276 g/mol. The minimum absolute atomic E-state index is 0.0834. The molecule has 112 valence electrons. The summed E-state index contributed by atoms with van der Waals surface area (Å²) in [6.07, 6.45) is 6.49. The van der Waals surface area contributed by atoms with Gasteiger partial charge in [0.1, 0.15) is 0 Å². The maximum Gasteiger partial charge on any atom is 0.0611 e. The second-order valence-corrected chi connectivity index (χ2v) is 6.05. The molecule has 1 aromatic rings. The van der Waals surface area contributed by atoms with Gasteiger partial charge in [0.05, 0.1) is 6.61 Å². The van der Waals surface area contributed by atoms with Crippen molar-refractivity contribution in [1.82, 2.24) is 0 Å². The van der Waals surface area contributed by atoms with Crippen LogP contribution in [0.2, 0.25) is 0 Å². The number of rotatable bonds is 6. The standard InChI is InChI=1S/C17H28N2O/c1-2-17(18,14-20)11-7-13-19-12-6-5-9-15-8-3-4-10-16(15)19/h3-4,8,10,20H,2,5-7,9,11-14,18H2,1H3. The Bertz CT molecular complexity index is 415. The zero-order valence-electron chi connectivity index (χ0n) is 12.6. The molecule has 1 aromatic carbocycles. The van der Waals surface area contributed by atoms with Crippen LogP contribution in [0.4, 0.5) is 5.69 Å². The van der Waals surface area contributed by atoms with E-state index in [1.165, 1.54) is 30.5 Å². The smallest absolute Gasteiger partial charge is 0.0611 e. The lowest BCUT2D eigenvalue weighted by Crippen LogP contribution is -2.43. The fourth-order valence-electron chi connectivity index (χ4n) is 2.99. The number of hydrogen-bond donors (Lipinski definition) is 2. The number of anilines is 1. The Morgan fingerprint density at radius 1 is 1.30 bits per heavy atom. The molecule has 1 aliphatic rings. The number of para-hydroxylation sites is 1. The second kappa shape index (κ2) is 7.09. The highest BCUT2D eigenvalue weighted by molar-refractivity contribution is 5.54. The molecule has 20 heavy (non-hydrogen) atoms. The first-order valence-corrected chi connectivity index (χ1v) is 7.91. The molecule has 0 fully saturated rings. The van der Waals surface area contributed by atoms with Crippen LogP contribution >= 0.6 is 0 Å². The lowest BCUT2D eigenvalue weighted by Gasteiger charge is -2.29. The Morgan fingerprint density at radius 3 is 2.85 bits per heavy atom. The van der Waals surface area contributed by atoms with Crippen molar-refractivity contribution in [2.24, 2.45) is 5.73 Å². The molecule has 1 unspecified atom stereocenters. The maximum absolute atomic E-state index is 9.39. The first-order valence-electron chi connectivity index (χ1n) is 7.91. The van der Waals surface area contributed by atoms with Crippen LogP contribution in [-0.4, -0.2) is 30.3 Å². The number of nitrogens with zero attached hydrogens (tertiary/aromatic N) is 1. The van der Waals surface area contributed by atoms with E-state index in [2.05, 4.69) is 36.1 Å². The number of aliphatic hydroxyl groups is 1. The summed E-state index contributed by atoms with van der Waals surface area (Å²) in [6.45, 7) is 4.31. The zero-order valence-corrected chi connectivity index (χ0v) is 12.6. The zero-order chi connectivity index (χ0) is 14.4. The van der Waals surface area contributed by atoms with E-state index >= 15 is 0 Å². The topological polar surface area (TPSA) is 49.5 Å². The number of fused-ring (bicyclic) bond motifs is 1. The van der Waals surface area contributed by atoms with E-state index in [0.717, 1.165) is 32.4 Å². The van der Waals surface area contributed by atoms with E-state index < -0.39 is 5.54 Å². The second-order valence-electron chi connectivity index (χ2n) is 6.05. The molecule has 0 aromatic heterocycles. The van der Waals surface area contributed by atoms with Crippen molar-refractivity contribution in [3.63, 3.8) is 0 Å². The summed E-state index contributed by atoms with van der Waals surface area (Å²) in [6, 6.07) is 8.75. The molecule has 1 atom stereocenters. The average Bonchev–Trinajstić information content (AvgIpc) is 2.70. The predicted molar refractivity (Wildman–Crippen MR) is 85.1 cm³/mol. The van der Waals surface area contributed by atoms with E-state index in [1.807, 2.05) is 0 Å². The number of benzene rings is 1. The van der Waals surface area contributed by atoms with Crippen molar-refractivity contribution in [2.75, 3.05) is 24.6 Å². The summed E-state index contributed by atoms with van der Waals surface area (Å²) in [4.78, 5) is 2.50. The van der Waals surface area contributed by atoms with Crippen LogP contribution in [0.5, 0.6) is 0 Å². The van der Waals surface area contributed by atoms with Crippen molar-refractivity contribution in [3.05, 3.63) is 29.8 Å². The van der Waals surface area contributed by atoms with Gasteiger partial charge in [-0.25, -0.2) is 0 Å². The van der Waals surface area contributed by atoms with Gasteiger partial charge in [0.15, 0.2) is 0 Å². The van der Waals surface area contributed by atoms with E-state index in [4.69, 9.17) is 5.73 Å². The highest BCUT2D eigenvalue weighted by atomic mass is 16.3. The van der Waals surface area contributed by atoms with Gasteiger partial charge in [0.25, 0.3) is 0 Å². The lowest BCUT2D eigenvalue weighted by atomic mass is 9.92. The van der Waals surface area contributed by atoms with E-state index in [0.29, 0.717) is 0 Å². The SMILES string of the molecule is CCC(N)(CO)CCCN1CCCCc2ccccc21. The monoisotopic (exact) mass is 276 g/mol. The van der Waals surface area contributed by atoms with Gasteiger partial charge in [-0.1, -0.05) is 25.1 Å². The normalized spacial score (nSPS) is 18.2. The van der Waals surface area contributed by atoms with E-state index in [9.17, 15) is 5.11 Å². The fraction of sp³-hybridized carbons (Fsp3) is 0.647. The molecule has 0 aliphatic carbocycles. The van der Waals surface area contributed by atoms with Crippen molar-refractivity contribution < 1.29 is 5.11 Å². The Kier molecular flexibility index (Phi) is 5.44. The third kappa shape index (κ3) is 3.74. The summed E-state index contributed by atoms with van der Waals surface area (Å²) in [5.41, 5.74) is 8.64. The molecule has 0 amide bonds. The molecule has 0 spiro atoms. The molecule has 3 N–H and O–H groups in total. The molecule has 3 nitrogen and oxygen atoms in total. The first-order chi connectivity index (χ1) is 9.68. The van der Waals surface area contributed by atoms with Crippen molar-refractivity contribution in [2.45, 2.75) is 51.0 Å². The van der Waals surface area contributed by atoms with Crippen molar-refractivity contribution in [1.29, 1.82) is 0 Å². The number of nitrogens with two attached hydrogens (primary N) is 1. The summed E-state index contributed by atoms with van der Waals surface area (Å²) < 4.78 is 0. The van der Waals surface area contributed by atoms with Gasteiger partial charge in [-0.3, -0.25) is 0 Å². The quantitative estimate of drug-likeness (QED) is 0.840.